The van der Waals surface area contributed by atoms with E-state index in [1.54, 1.807) is 0 Å². The predicted molar refractivity (Wildman–Crippen MR) is 79.1 cm³/mol. The molecule has 3 heteroatoms. The molecule has 1 atom stereocenters. The fourth-order valence-electron chi connectivity index (χ4n) is 1.83. The van der Waals surface area contributed by atoms with Crippen molar-refractivity contribution in [2.75, 3.05) is 0 Å². The Labute approximate surface area is 117 Å². The van der Waals surface area contributed by atoms with Crippen molar-refractivity contribution in [3.63, 3.8) is 0 Å². The van der Waals surface area contributed by atoms with Gasteiger partial charge in [-0.25, -0.2) is 0 Å². The van der Waals surface area contributed by atoms with Crippen LogP contribution in [0.4, 0.5) is 0 Å². The Morgan fingerprint density at radius 3 is 2.47 bits per heavy atom. The summed E-state index contributed by atoms with van der Waals surface area (Å²) in [6, 6.07) is 0. The van der Waals surface area contributed by atoms with Crippen molar-refractivity contribution in [3.05, 3.63) is 24.3 Å². The van der Waals surface area contributed by atoms with Crippen LogP contribution in [0, 0.1) is 0 Å². The normalized spacial score (nSPS) is 13.4. The maximum Gasteiger partial charge on any atom is 0.303 e. The highest BCUT2D eigenvalue weighted by Crippen LogP contribution is 2.07. The molecule has 2 N–H and O–H groups in total. The third kappa shape index (κ3) is 14.9. The predicted octanol–water partition coefficient (Wildman–Crippen LogP) is 4.08. The average molecular weight is 268 g/mol. The molecule has 19 heavy (non-hydrogen) atoms. The van der Waals surface area contributed by atoms with E-state index in [-0.39, 0.29) is 6.10 Å². The van der Waals surface area contributed by atoms with Crippen LogP contribution in [0.15, 0.2) is 24.3 Å². The number of hydrogen-bond donors (Lipinski definition) is 2. The fourth-order valence-corrected chi connectivity index (χ4v) is 1.83. The van der Waals surface area contributed by atoms with Crippen molar-refractivity contribution in [2.45, 2.75) is 70.8 Å². The number of rotatable bonds is 12. The van der Waals surface area contributed by atoms with Crippen LogP contribution >= 0.6 is 0 Å². The number of unbranched alkanes of at least 4 members (excludes halogenated alkanes) is 5. The van der Waals surface area contributed by atoms with E-state index in [1.165, 1.54) is 0 Å². The Balaban J connectivity index is 3.32. The van der Waals surface area contributed by atoms with Gasteiger partial charge in [-0.15, -0.1) is 0 Å². The third-order valence-corrected chi connectivity index (χ3v) is 2.93. The summed E-state index contributed by atoms with van der Waals surface area (Å²) in [4.78, 5) is 10.3. The minimum atomic E-state index is -0.694. The Morgan fingerprint density at radius 1 is 1.11 bits per heavy atom. The van der Waals surface area contributed by atoms with Gasteiger partial charge in [0.2, 0.25) is 0 Å². The molecule has 0 spiro atoms. The molecule has 0 aliphatic rings. The number of allylic oxidation sites excluding steroid dienone is 3. The monoisotopic (exact) mass is 268 g/mol. The Hall–Kier alpha value is -1.09. The van der Waals surface area contributed by atoms with Gasteiger partial charge in [0.25, 0.3) is 0 Å². The number of carboxylic acid groups (broad SMARTS) is 1. The summed E-state index contributed by atoms with van der Waals surface area (Å²) in [5.74, 6) is -0.694. The molecule has 0 heterocycles. The molecule has 0 unspecified atom stereocenters. The number of aliphatic hydroxyl groups is 1. The van der Waals surface area contributed by atoms with Gasteiger partial charge in [0.1, 0.15) is 0 Å². The zero-order valence-electron chi connectivity index (χ0n) is 12.1. The van der Waals surface area contributed by atoms with Crippen molar-refractivity contribution >= 4 is 5.97 Å². The highest BCUT2D eigenvalue weighted by Gasteiger charge is 1.96. The molecule has 0 saturated heterocycles. The summed E-state index contributed by atoms with van der Waals surface area (Å²) in [5, 5.41) is 17.9. The van der Waals surface area contributed by atoms with E-state index in [9.17, 15) is 9.90 Å². The SMILES string of the molecule is CCC[C@@H](O)/C=C\C=C/CCCCCCCC(=O)O. The Kier molecular flexibility index (Phi) is 12.6. The van der Waals surface area contributed by atoms with Crippen LogP contribution in [0.25, 0.3) is 0 Å². The van der Waals surface area contributed by atoms with Gasteiger partial charge in [0, 0.05) is 6.42 Å². The third-order valence-electron chi connectivity index (χ3n) is 2.93. The first-order valence-corrected chi connectivity index (χ1v) is 7.40. The standard InChI is InChI=1S/C16H28O3/c1-2-12-15(17)13-10-8-6-4-3-5-7-9-11-14-16(18)19/h6,8,10,13,15,17H,2-5,7,9,11-12,14H2,1H3,(H,18,19)/b8-6-,13-10-/t15-/m1/s1. The quantitative estimate of drug-likeness (QED) is 0.414. The van der Waals surface area contributed by atoms with E-state index < -0.39 is 5.97 Å². The molecule has 0 amide bonds. The summed E-state index contributed by atoms with van der Waals surface area (Å²) >= 11 is 0. The van der Waals surface area contributed by atoms with Gasteiger partial charge in [-0.2, -0.15) is 0 Å². The molecule has 0 fully saturated rings. The smallest absolute Gasteiger partial charge is 0.303 e. The van der Waals surface area contributed by atoms with Gasteiger partial charge in [-0.05, 0) is 25.7 Å². The fraction of sp³-hybridized carbons (Fsp3) is 0.688. The molecule has 0 radical (unpaired) electrons. The summed E-state index contributed by atoms with van der Waals surface area (Å²) in [6.45, 7) is 2.06. The highest BCUT2D eigenvalue weighted by molar-refractivity contribution is 5.66. The topological polar surface area (TPSA) is 57.5 Å². The molecular formula is C16H28O3. The first-order chi connectivity index (χ1) is 9.16. The molecule has 110 valence electrons. The van der Waals surface area contributed by atoms with Crippen LogP contribution in [-0.2, 0) is 4.79 Å². The lowest BCUT2D eigenvalue weighted by Crippen LogP contribution is -1.99. The van der Waals surface area contributed by atoms with Gasteiger partial charge in [0.15, 0.2) is 0 Å². The van der Waals surface area contributed by atoms with Crippen molar-refractivity contribution in [1.29, 1.82) is 0 Å². The summed E-state index contributed by atoms with van der Waals surface area (Å²) < 4.78 is 0. The molecule has 0 rings (SSSR count). The minimum absolute atomic E-state index is 0.296. The van der Waals surface area contributed by atoms with E-state index in [2.05, 4.69) is 13.0 Å². The second-order valence-electron chi connectivity index (χ2n) is 4.87. The second-order valence-corrected chi connectivity index (χ2v) is 4.87. The lowest BCUT2D eigenvalue weighted by Gasteiger charge is -2.00. The van der Waals surface area contributed by atoms with E-state index in [4.69, 9.17) is 5.11 Å². The van der Waals surface area contributed by atoms with Crippen LogP contribution < -0.4 is 0 Å². The molecule has 0 aromatic carbocycles. The van der Waals surface area contributed by atoms with Crippen molar-refractivity contribution in [3.8, 4) is 0 Å². The van der Waals surface area contributed by atoms with Crippen molar-refractivity contribution in [2.24, 2.45) is 0 Å². The van der Waals surface area contributed by atoms with E-state index >= 15 is 0 Å². The molecule has 0 aliphatic heterocycles. The van der Waals surface area contributed by atoms with Crippen LogP contribution in [0.5, 0.6) is 0 Å². The number of aliphatic carboxylic acids is 1. The number of aliphatic hydroxyl groups excluding tert-OH is 1. The molecule has 0 aliphatic carbocycles. The number of carboxylic acids is 1. The summed E-state index contributed by atoms with van der Waals surface area (Å²) in [6.07, 6.45) is 15.9. The van der Waals surface area contributed by atoms with Gasteiger partial charge < -0.3 is 10.2 Å². The molecular weight excluding hydrogens is 240 g/mol. The van der Waals surface area contributed by atoms with Crippen LogP contribution in [0.1, 0.15) is 64.7 Å². The first kappa shape index (κ1) is 17.9. The number of hydrogen-bond acceptors (Lipinski definition) is 2. The first-order valence-electron chi connectivity index (χ1n) is 7.40. The molecule has 0 bridgehead atoms. The molecule has 0 saturated carbocycles. The molecule has 3 nitrogen and oxygen atoms in total. The minimum Gasteiger partial charge on any atom is -0.481 e. The summed E-state index contributed by atoms with van der Waals surface area (Å²) in [7, 11) is 0. The Morgan fingerprint density at radius 2 is 1.79 bits per heavy atom. The van der Waals surface area contributed by atoms with E-state index in [0.717, 1.165) is 51.4 Å². The highest BCUT2D eigenvalue weighted by atomic mass is 16.4. The lowest BCUT2D eigenvalue weighted by atomic mass is 10.1. The second kappa shape index (κ2) is 13.3. The van der Waals surface area contributed by atoms with Gasteiger partial charge in [0.05, 0.1) is 6.10 Å². The zero-order chi connectivity index (χ0) is 14.3. The van der Waals surface area contributed by atoms with Gasteiger partial charge in [-0.3, -0.25) is 4.79 Å². The van der Waals surface area contributed by atoms with Crippen LogP contribution in [-0.4, -0.2) is 22.3 Å². The zero-order valence-corrected chi connectivity index (χ0v) is 12.1. The van der Waals surface area contributed by atoms with Crippen molar-refractivity contribution < 1.29 is 15.0 Å². The van der Waals surface area contributed by atoms with E-state index in [1.807, 2.05) is 18.2 Å². The van der Waals surface area contributed by atoms with Crippen LogP contribution in [0.3, 0.4) is 0 Å². The summed E-state index contributed by atoms with van der Waals surface area (Å²) in [5.41, 5.74) is 0. The number of carbonyl (C=O) groups is 1. The molecule has 0 aromatic heterocycles. The average Bonchev–Trinajstić information content (AvgIpc) is 2.36. The van der Waals surface area contributed by atoms with Gasteiger partial charge >= 0.3 is 5.97 Å². The Bertz CT molecular complexity index is 269. The maximum atomic E-state index is 10.3. The lowest BCUT2D eigenvalue weighted by molar-refractivity contribution is -0.137. The largest absolute Gasteiger partial charge is 0.481 e. The van der Waals surface area contributed by atoms with Crippen LogP contribution in [0.2, 0.25) is 0 Å². The maximum absolute atomic E-state index is 10.3. The van der Waals surface area contributed by atoms with Crippen molar-refractivity contribution in [1.82, 2.24) is 0 Å². The molecule has 0 aromatic rings. The van der Waals surface area contributed by atoms with Gasteiger partial charge in [-0.1, -0.05) is 56.9 Å². The van der Waals surface area contributed by atoms with E-state index in [0.29, 0.717) is 6.42 Å².